The summed E-state index contributed by atoms with van der Waals surface area (Å²) in [5, 5.41) is 21.2. The van der Waals surface area contributed by atoms with E-state index in [1.165, 1.54) is 55.5 Å². The van der Waals surface area contributed by atoms with E-state index in [0.29, 0.717) is 34.2 Å². The molecule has 0 aliphatic carbocycles. The number of carbonyl (C=O) groups excluding carboxylic acids is 1. The fourth-order valence-corrected chi connectivity index (χ4v) is 5.63. The Kier molecular flexibility index (Phi) is 6.51. The number of phenols is 2. The van der Waals surface area contributed by atoms with E-state index >= 15 is 0 Å². The van der Waals surface area contributed by atoms with Gasteiger partial charge in [0.05, 0.1) is 16.5 Å². The van der Waals surface area contributed by atoms with Crippen LogP contribution in [0.3, 0.4) is 0 Å². The maximum Gasteiger partial charge on any atom is 0.339 e. The second kappa shape index (κ2) is 10.6. The maximum atomic E-state index is 13.4. The van der Waals surface area contributed by atoms with Gasteiger partial charge in [0.2, 0.25) is 0 Å². The lowest BCUT2D eigenvalue weighted by Gasteiger charge is -2.27. The first-order chi connectivity index (χ1) is 21.6. The fourth-order valence-electron chi connectivity index (χ4n) is 5.63. The second-order valence-corrected chi connectivity index (χ2v) is 10.6. The van der Waals surface area contributed by atoms with E-state index in [2.05, 4.69) is 0 Å². The molecular formula is C34H22O11. The predicted molar refractivity (Wildman–Crippen MR) is 159 cm³/mol. The molecule has 0 radical (unpaired) electrons. The van der Waals surface area contributed by atoms with Crippen molar-refractivity contribution in [3.63, 3.8) is 0 Å². The van der Waals surface area contributed by atoms with Gasteiger partial charge < -0.3 is 32.9 Å². The predicted octanol–water partition coefficient (Wildman–Crippen LogP) is 5.07. The minimum atomic E-state index is -1.24. The van der Waals surface area contributed by atoms with Gasteiger partial charge >= 0.3 is 22.8 Å². The van der Waals surface area contributed by atoms with Gasteiger partial charge in [0.15, 0.2) is 5.76 Å². The summed E-state index contributed by atoms with van der Waals surface area (Å²) in [4.78, 5) is 49.9. The van der Waals surface area contributed by atoms with E-state index in [9.17, 15) is 29.4 Å². The van der Waals surface area contributed by atoms with Crippen molar-refractivity contribution in [3.8, 4) is 28.6 Å². The molecule has 3 aromatic carbocycles. The number of aromatic hydroxyl groups is 2. The maximum absolute atomic E-state index is 13.4. The lowest BCUT2D eigenvalue weighted by molar-refractivity contribution is -0.162. The Bertz CT molecular complexity index is 2360. The molecule has 1 unspecified atom stereocenters. The van der Waals surface area contributed by atoms with Crippen molar-refractivity contribution < 1.29 is 37.7 Å². The van der Waals surface area contributed by atoms with Crippen molar-refractivity contribution >= 4 is 27.9 Å². The smallest absolute Gasteiger partial charge is 0.339 e. The van der Waals surface area contributed by atoms with Crippen LogP contribution < -0.4 is 21.6 Å². The number of ether oxygens (including phenoxy) is 2. The number of esters is 1. The topological polar surface area (TPSA) is 167 Å². The third kappa shape index (κ3) is 5.10. The molecule has 2 N–H and O–H groups in total. The number of rotatable bonds is 5. The van der Waals surface area contributed by atoms with Crippen LogP contribution in [0.4, 0.5) is 0 Å². The van der Waals surface area contributed by atoms with E-state index in [1.807, 2.05) is 0 Å². The fraction of sp³-hybridized carbons (Fsp3) is 0.118. The van der Waals surface area contributed by atoms with E-state index < -0.39 is 29.1 Å². The van der Waals surface area contributed by atoms with Crippen LogP contribution in [0.25, 0.3) is 33.3 Å². The van der Waals surface area contributed by atoms with Crippen molar-refractivity contribution in [2.75, 3.05) is 0 Å². The molecule has 45 heavy (non-hydrogen) atoms. The molecule has 7 rings (SSSR count). The van der Waals surface area contributed by atoms with Crippen LogP contribution in [-0.4, -0.2) is 16.2 Å². The van der Waals surface area contributed by atoms with Gasteiger partial charge in [-0.15, -0.1) is 0 Å². The van der Waals surface area contributed by atoms with Gasteiger partial charge in [-0.1, -0.05) is 12.1 Å². The number of fused-ring (bicyclic) bond motifs is 5. The molecular weight excluding hydrogens is 584 g/mol. The first-order valence-corrected chi connectivity index (χ1v) is 13.8. The highest BCUT2D eigenvalue weighted by Gasteiger charge is 2.32. The highest BCUT2D eigenvalue weighted by atomic mass is 16.7. The molecule has 0 saturated heterocycles. The van der Waals surface area contributed by atoms with Crippen LogP contribution in [0, 0.1) is 0 Å². The largest absolute Gasteiger partial charge is 0.508 e. The Morgan fingerprint density at radius 1 is 0.800 bits per heavy atom. The van der Waals surface area contributed by atoms with Gasteiger partial charge in [-0.2, -0.15) is 0 Å². The average Bonchev–Trinajstić information content (AvgIpc) is 2.97. The van der Waals surface area contributed by atoms with Gasteiger partial charge in [0.25, 0.3) is 6.29 Å². The van der Waals surface area contributed by atoms with Crippen LogP contribution in [0.5, 0.6) is 17.2 Å². The van der Waals surface area contributed by atoms with Crippen LogP contribution in [0.1, 0.15) is 41.0 Å². The lowest BCUT2D eigenvalue weighted by Crippen LogP contribution is -2.22. The van der Waals surface area contributed by atoms with Crippen molar-refractivity contribution in [2.45, 2.75) is 26.1 Å². The van der Waals surface area contributed by atoms with E-state index in [1.54, 1.807) is 24.3 Å². The summed E-state index contributed by atoms with van der Waals surface area (Å²) in [7, 11) is 0. The molecule has 0 saturated carbocycles. The Hall–Kier alpha value is -6.10. The standard InChI is InChI=1S/C34H22O11/c1-16(35)41-34-24-12-20(11-19-14-30(39)42-27-4-2-3-25(37)31(19)27)33(40)45-32(24)23-10-17(5-8-26(23)44-34)9-18-13-29(38)43-28-15-21(36)6-7-22(18)28/h2-8,10,12-15,34,36-37H,9,11H2,1H3. The van der Waals surface area contributed by atoms with Crippen molar-refractivity contribution in [1.29, 1.82) is 0 Å². The molecule has 11 nitrogen and oxygen atoms in total. The van der Waals surface area contributed by atoms with Gasteiger partial charge in [-0.25, -0.2) is 14.4 Å². The summed E-state index contributed by atoms with van der Waals surface area (Å²) in [5.41, 5.74) is 0.977. The molecule has 6 aromatic rings. The Morgan fingerprint density at radius 3 is 2.38 bits per heavy atom. The van der Waals surface area contributed by atoms with Crippen molar-refractivity contribution in [1.82, 2.24) is 0 Å². The third-order valence-corrected chi connectivity index (χ3v) is 7.52. The highest BCUT2D eigenvalue weighted by Crippen LogP contribution is 2.43. The Labute approximate surface area is 252 Å². The van der Waals surface area contributed by atoms with Gasteiger partial charge in [0.1, 0.15) is 28.4 Å². The molecule has 0 fully saturated rings. The number of carbonyl (C=O) groups is 1. The summed E-state index contributed by atoms with van der Waals surface area (Å²) >= 11 is 0. The molecule has 0 amide bonds. The van der Waals surface area contributed by atoms with Crippen molar-refractivity contribution in [2.24, 2.45) is 0 Å². The summed E-state index contributed by atoms with van der Waals surface area (Å²) < 4.78 is 27.7. The lowest BCUT2D eigenvalue weighted by atomic mass is 9.95. The average molecular weight is 607 g/mol. The third-order valence-electron chi connectivity index (χ3n) is 7.52. The van der Waals surface area contributed by atoms with Crippen LogP contribution in [0.2, 0.25) is 0 Å². The molecule has 224 valence electrons. The van der Waals surface area contributed by atoms with Crippen LogP contribution in [-0.2, 0) is 22.4 Å². The molecule has 3 aromatic heterocycles. The monoisotopic (exact) mass is 606 g/mol. The number of phenolic OH excluding ortho intramolecular Hbond substituents is 2. The van der Waals surface area contributed by atoms with Gasteiger partial charge in [0, 0.05) is 42.5 Å². The van der Waals surface area contributed by atoms with E-state index in [4.69, 9.17) is 22.7 Å². The molecule has 11 heteroatoms. The second-order valence-electron chi connectivity index (χ2n) is 10.6. The minimum absolute atomic E-state index is 0.0391. The molecule has 1 atom stereocenters. The number of hydrogen-bond acceptors (Lipinski definition) is 11. The Balaban J connectivity index is 1.33. The first-order valence-electron chi connectivity index (χ1n) is 13.8. The SMILES string of the molecule is CC(=O)OC1Oc2ccc(Cc3cc(=O)oc4cc(O)ccc34)cc2-c2oc(=O)c(Cc3cc(=O)oc4cccc(O)c34)cc21. The molecule has 4 heterocycles. The molecule has 1 aliphatic heterocycles. The van der Waals surface area contributed by atoms with Gasteiger partial charge in [-0.3, -0.25) is 4.79 Å². The summed E-state index contributed by atoms with van der Waals surface area (Å²) in [6.45, 7) is 1.22. The summed E-state index contributed by atoms with van der Waals surface area (Å²) in [6, 6.07) is 18.2. The van der Waals surface area contributed by atoms with Crippen LogP contribution >= 0.6 is 0 Å². The Morgan fingerprint density at radius 2 is 1.58 bits per heavy atom. The van der Waals surface area contributed by atoms with Crippen molar-refractivity contribution in [3.05, 3.63) is 132 Å². The summed E-state index contributed by atoms with van der Waals surface area (Å²) in [6.07, 6.45) is -1.05. The normalized spacial score (nSPS) is 13.7. The zero-order valence-electron chi connectivity index (χ0n) is 23.5. The number of hydrogen-bond donors (Lipinski definition) is 2. The molecule has 0 spiro atoms. The van der Waals surface area contributed by atoms with Gasteiger partial charge in [-0.05, 0) is 65.6 Å². The highest BCUT2D eigenvalue weighted by molar-refractivity contribution is 5.87. The zero-order chi connectivity index (χ0) is 31.4. The molecule has 0 bridgehead atoms. The molecule has 1 aliphatic rings. The quantitative estimate of drug-likeness (QED) is 0.199. The minimum Gasteiger partial charge on any atom is -0.508 e. The van der Waals surface area contributed by atoms with E-state index in [-0.39, 0.29) is 51.4 Å². The van der Waals surface area contributed by atoms with E-state index in [0.717, 1.165) is 5.56 Å². The zero-order valence-corrected chi connectivity index (χ0v) is 23.5. The number of benzene rings is 3. The first kappa shape index (κ1) is 27.7. The van der Waals surface area contributed by atoms with Crippen LogP contribution in [0.15, 0.2) is 100 Å². The summed E-state index contributed by atoms with van der Waals surface area (Å²) in [5.74, 6) is -0.371.